The van der Waals surface area contributed by atoms with Crippen molar-refractivity contribution in [1.29, 1.82) is 0 Å². The molecule has 1 unspecified atom stereocenters. The molecule has 1 aliphatic carbocycles. The molecule has 8 heteroatoms. The van der Waals surface area contributed by atoms with E-state index in [1.54, 1.807) is 0 Å². The summed E-state index contributed by atoms with van der Waals surface area (Å²) >= 11 is 6.04. The Bertz CT molecular complexity index is 671. The van der Waals surface area contributed by atoms with Crippen LogP contribution in [0.1, 0.15) is 30.9 Å². The molecule has 0 aliphatic heterocycles. The molecule has 0 saturated heterocycles. The number of carbonyl (C=O) groups is 2. The van der Waals surface area contributed by atoms with E-state index in [0.29, 0.717) is 12.8 Å². The fraction of sp³-hybridized carbons (Fsp3) is 0.500. The highest BCUT2D eigenvalue weighted by molar-refractivity contribution is 6.32. The molecule has 0 bridgehead atoms. The Kier molecular flexibility index (Phi) is 4.86. The van der Waals surface area contributed by atoms with Gasteiger partial charge in [-0.1, -0.05) is 18.5 Å². The Morgan fingerprint density at radius 2 is 1.96 bits per heavy atom. The molecule has 4 nitrogen and oxygen atoms in total. The van der Waals surface area contributed by atoms with Gasteiger partial charge >= 0.3 is 12.1 Å². The minimum Gasteiger partial charge on any atom is -0.481 e. The van der Waals surface area contributed by atoms with Crippen LogP contribution in [0.4, 0.5) is 13.2 Å². The lowest BCUT2D eigenvalue weighted by molar-refractivity contribution is -0.143. The average Bonchev–Trinajstić information content (AvgIpc) is 3.26. The van der Waals surface area contributed by atoms with E-state index in [1.165, 1.54) is 18.9 Å². The normalized spacial score (nSPS) is 17.2. The zero-order chi connectivity index (χ0) is 18.3. The summed E-state index contributed by atoms with van der Waals surface area (Å²) in [6, 6.07) is 2.94. The first kappa shape index (κ1) is 18.6. The molecule has 24 heavy (non-hydrogen) atoms. The van der Waals surface area contributed by atoms with Gasteiger partial charge in [-0.3, -0.25) is 9.59 Å². The van der Waals surface area contributed by atoms with Gasteiger partial charge in [0, 0.05) is 18.6 Å². The summed E-state index contributed by atoms with van der Waals surface area (Å²) < 4.78 is 38.8. The Labute approximate surface area is 142 Å². The van der Waals surface area contributed by atoms with Gasteiger partial charge in [-0.25, -0.2) is 0 Å². The second kappa shape index (κ2) is 6.27. The summed E-state index contributed by atoms with van der Waals surface area (Å²) in [7, 11) is 1.45. The molecule has 0 aromatic heterocycles. The summed E-state index contributed by atoms with van der Waals surface area (Å²) in [5.74, 6) is -2.22. The van der Waals surface area contributed by atoms with Gasteiger partial charge in [0.2, 0.25) is 5.91 Å². The van der Waals surface area contributed by atoms with E-state index in [2.05, 4.69) is 0 Å². The second-order valence-corrected chi connectivity index (χ2v) is 6.61. The van der Waals surface area contributed by atoms with Crippen LogP contribution in [-0.2, 0) is 21.2 Å². The monoisotopic (exact) mass is 363 g/mol. The summed E-state index contributed by atoms with van der Waals surface area (Å²) in [4.78, 5) is 24.9. The summed E-state index contributed by atoms with van der Waals surface area (Å²) in [5.41, 5.74) is -1.80. The van der Waals surface area contributed by atoms with E-state index in [4.69, 9.17) is 16.7 Å². The molecule has 0 radical (unpaired) electrons. The van der Waals surface area contributed by atoms with E-state index in [1.807, 2.05) is 0 Å². The molecular weight excluding hydrogens is 347 g/mol. The van der Waals surface area contributed by atoms with Crippen molar-refractivity contribution < 1.29 is 27.9 Å². The van der Waals surface area contributed by atoms with Crippen molar-refractivity contribution >= 4 is 23.5 Å². The molecule has 1 fully saturated rings. The van der Waals surface area contributed by atoms with Crippen LogP contribution in [0.5, 0.6) is 0 Å². The molecule has 0 spiro atoms. The quantitative estimate of drug-likeness (QED) is 0.870. The first-order valence-electron chi connectivity index (χ1n) is 7.34. The van der Waals surface area contributed by atoms with E-state index < -0.39 is 34.9 Å². The molecule has 1 aromatic carbocycles. The predicted molar refractivity (Wildman–Crippen MR) is 81.8 cm³/mol. The zero-order valence-electron chi connectivity index (χ0n) is 13.2. The maximum absolute atomic E-state index is 12.9. The molecule has 2 rings (SSSR count). The van der Waals surface area contributed by atoms with Crippen LogP contribution in [0, 0.1) is 5.92 Å². The number of hydrogen-bond donors (Lipinski definition) is 1. The molecule has 1 atom stereocenters. The van der Waals surface area contributed by atoms with E-state index in [-0.39, 0.29) is 17.1 Å². The van der Waals surface area contributed by atoms with Gasteiger partial charge in [0.15, 0.2) is 0 Å². The number of carboxylic acid groups (broad SMARTS) is 1. The summed E-state index contributed by atoms with van der Waals surface area (Å²) in [5, 5.41) is 9.04. The Balaban J connectivity index is 2.31. The number of nitrogens with zero attached hydrogens (tertiary/aromatic N) is 1. The minimum absolute atomic E-state index is 0.0213. The molecule has 0 heterocycles. The van der Waals surface area contributed by atoms with Gasteiger partial charge in [-0.05, 0) is 36.6 Å². The van der Waals surface area contributed by atoms with Crippen LogP contribution in [0.3, 0.4) is 0 Å². The van der Waals surface area contributed by atoms with Crippen LogP contribution in [-0.4, -0.2) is 35.5 Å². The third kappa shape index (κ3) is 3.50. The highest BCUT2D eigenvalue weighted by atomic mass is 35.5. The van der Waals surface area contributed by atoms with E-state index in [0.717, 1.165) is 18.2 Å². The highest BCUT2D eigenvalue weighted by Gasteiger charge is 2.54. The third-order valence-corrected chi connectivity index (χ3v) is 4.61. The minimum atomic E-state index is -4.53. The van der Waals surface area contributed by atoms with E-state index in [9.17, 15) is 22.8 Å². The molecule has 1 aliphatic rings. The van der Waals surface area contributed by atoms with E-state index >= 15 is 0 Å². The van der Waals surface area contributed by atoms with Gasteiger partial charge < -0.3 is 10.0 Å². The summed E-state index contributed by atoms with van der Waals surface area (Å²) in [6.07, 6.45) is -3.75. The third-order valence-electron chi connectivity index (χ3n) is 4.28. The van der Waals surface area contributed by atoms with Gasteiger partial charge in [-0.2, -0.15) is 13.2 Å². The number of aliphatic carboxylic acids is 1. The number of carbonyl (C=O) groups excluding carboxylic acids is 1. The van der Waals surface area contributed by atoms with Crippen LogP contribution in [0.2, 0.25) is 5.02 Å². The fourth-order valence-corrected chi connectivity index (χ4v) is 3.03. The van der Waals surface area contributed by atoms with Crippen molar-refractivity contribution in [3.05, 3.63) is 34.3 Å². The van der Waals surface area contributed by atoms with Crippen LogP contribution in [0.25, 0.3) is 0 Å². The standard InChI is InChI=1S/C16H17ClF3NO3/c1-9(13(22)23)8-21(2)14(24)15(5-6-15)11-7-10(16(18,19)20)3-4-12(11)17/h3-4,7,9H,5-6,8H2,1-2H3,(H,22,23). The van der Waals surface area contributed by atoms with Gasteiger partial charge in [0.1, 0.15) is 0 Å². The molecule has 132 valence electrons. The molecule has 1 saturated carbocycles. The number of carboxylic acids is 1. The van der Waals surface area contributed by atoms with Crippen LogP contribution in [0.15, 0.2) is 18.2 Å². The largest absolute Gasteiger partial charge is 0.481 e. The number of likely N-dealkylation sites (N-methyl/N-ethyl adjacent to an activating group) is 1. The van der Waals surface area contributed by atoms with Crippen LogP contribution < -0.4 is 0 Å². The Hall–Kier alpha value is -1.76. The van der Waals surface area contributed by atoms with Crippen molar-refractivity contribution in [2.24, 2.45) is 5.92 Å². The van der Waals surface area contributed by atoms with Gasteiger partial charge in [0.05, 0.1) is 16.9 Å². The van der Waals surface area contributed by atoms with Crippen molar-refractivity contribution in [2.45, 2.75) is 31.4 Å². The number of hydrogen-bond acceptors (Lipinski definition) is 2. The van der Waals surface area contributed by atoms with Gasteiger partial charge in [0.25, 0.3) is 0 Å². The van der Waals surface area contributed by atoms with Crippen molar-refractivity contribution in [3.63, 3.8) is 0 Å². The number of amides is 1. The maximum atomic E-state index is 12.9. The smallest absolute Gasteiger partial charge is 0.416 e. The molecule has 1 amide bonds. The Morgan fingerprint density at radius 1 is 1.38 bits per heavy atom. The second-order valence-electron chi connectivity index (χ2n) is 6.20. The highest BCUT2D eigenvalue weighted by Crippen LogP contribution is 2.52. The van der Waals surface area contributed by atoms with Gasteiger partial charge in [-0.15, -0.1) is 0 Å². The number of halogens is 4. The van der Waals surface area contributed by atoms with Crippen LogP contribution >= 0.6 is 11.6 Å². The average molecular weight is 364 g/mol. The predicted octanol–water partition coefficient (Wildman–Crippen LogP) is 3.57. The number of alkyl halides is 3. The number of benzene rings is 1. The first-order chi connectivity index (χ1) is 11.0. The SMILES string of the molecule is CC(CN(C)C(=O)C1(c2cc(C(F)(F)F)ccc2Cl)CC1)C(=O)O. The fourth-order valence-electron chi connectivity index (χ4n) is 2.73. The zero-order valence-corrected chi connectivity index (χ0v) is 13.9. The molecule has 1 N–H and O–H groups in total. The number of rotatable bonds is 5. The van der Waals surface area contributed by atoms with Crippen molar-refractivity contribution in [2.75, 3.05) is 13.6 Å². The lowest BCUT2D eigenvalue weighted by Crippen LogP contribution is -2.40. The first-order valence-corrected chi connectivity index (χ1v) is 7.72. The van der Waals surface area contributed by atoms with Crippen molar-refractivity contribution in [3.8, 4) is 0 Å². The van der Waals surface area contributed by atoms with Crippen molar-refractivity contribution in [1.82, 2.24) is 4.90 Å². The Morgan fingerprint density at radius 3 is 2.42 bits per heavy atom. The lowest BCUT2D eigenvalue weighted by Gasteiger charge is -2.26. The topological polar surface area (TPSA) is 57.6 Å². The molecular formula is C16H17ClF3NO3. The molecule has 1 aromatic rings. The summed E-state index contributed by atoms with van der Waals surface area (Å²) in [6.45, 7) is 1.44. The lowest BCUT2D eigenvalue weighted by atomic mass is 9.92. The maximum Gasteiger partial charge on any atom is 0.416 e.